The molecule has 0 amide bonds. The van der Waals surface area contributed by atoms with E-state index in [4.69, 9.17) is 9.52 Å². The number of carbonyl (C=O) groups is 1. The minimum Gasteiger partial charge on any atom is -0.481 e. The Bertz CT molecular complexity index is 537. The third-order valence-electron chi connectivity index (χ3n) is 2.33. The molecule has 0 aliphatic heterocycles. The smallest absolute Gasteiger partial charge is 0.307 e. The molecule has 16 heavy (non-hydrogen) atoms. The fraction of sp³-hybridized carbons (Fsp3) is 0.154. The summed E-state index contributed by atoms with van der Waals surface area (Å²) in [7, 11) is 0. The number of carboxylic acids is 1. The van der Waals surface area contributed by atoms with Crippen LogP contribution in [0.1, 0.15) is 11.3 Å². The molecule has 0 unspecified atom stereocenters. The first-order chi connectivity index (χ1) is 7.69. The number of carboxylic acid groups (broad SMARTS) is 1. The van der Waals surface area contributed by atoms with Crippen LogP contribution in [0.5, 0.6) is 0 Å². The minimum atomic E-state index is -0.825. The molecular formula is C13H12O3. The Kier molecular flexibility index (Phi) is 2.77. The number of rotatable bonds is 4. The Morgan fingerprint density at radius 3 is 2.94 bits per heavy atom. The summed E-state index contributed by atoms with van der Waals surface area (Å²) in [6, 6.07) is 7.35. The molecular weight excluding hydrogens is 204 g/mol. The fourth-order valence-corrected chi connectivity index (χ4v) is 1.68. The molecule has 1 aromatic heterocycles. The van der Waals surface area contributed by atoms with Crippen LogP contribution in [-0.2, 0) is 17.6 Å². The molecule has 0 aliphatic carbocycles. The molecule has 2 rings (SSSR count). The molecule has 1 N–H and O–H groups in total. The molecule has 1 heterocycles. The SMILES string of the molecule is C=CCc1cc2cc(CC(=O)O)ccc2o1. The Morgan fingerprint density at radius 2 is 2.25 bits per heavy atom. The lowest BCUT2D eigenvalue weighted by Gasteiger charge is -1.95. The van der Waals surface area contributed by atoms with E-state index in [2.05, 4.69) is 6.58 Å². The summed E-state index contributed by atoms with van der Waals surface area (Å²) in [4.78, 5) is 10.6. The normalized spacial score (nSPS) is 10.5. The van der Waals surface area contributed by atoms with E-state index in [1.165, 1.54) is 0 Å². The first-order valence-electron chi connectivity index (χ1n) is 5.03. The molecule has 2 aromatic rings. The lowest BCUT2D eigenvalue weighted by molar-refractivity contribution is -0.136. The van der Waals surface area contributed by atoms with Crippen molar-refractivity contribution in [3.8, 4) is 0 Å². The van der Waals surface area contributed by atoms with Gasteiger partial charge in [0.05, 0.1) is 6.42 Å². The number of hydrogen-bond acceptors (Lipinski definition) is 2. The molecule has 3 heteroatoms. The zero-order valence-electron chi connectivity index (χ0n) is 8.77. The van der Waals surface area contributed by atoms with Gasteiger partial charge in [0, 0.05) is 11.8 Å². The van der Waals surface area contributed by atoms with Crippen LogP contribution < -0.4 is 0 Å². The molecule has 0 atom stereocenters. The van der Waals surface area contributed by atoms with Crippen LogP contribution in [0.3, 0.4) is 0 Å². The second-order valence-corrected chi connectivity index (χ2v) is 3.65. The van der Waals surface area contributed by atoms with Gasteiger partial charge < -0.3 is 9.52 Å². The number of fused-ring (bicyclic) bond motifs is 1. The molecule has 0 saturated carbocycles. The maximum absolute atomic E-state index is 10.6. The summed E-state index contributed by atoms with van der Waals surface area (Å²) >= 11 is 0. The zero-order valence-corrected chi connectivity index (χ0v) is 8.77. The fourth-order valence-electron chi connectivity index (χ4n) is 1.68. The highest BCUT2D eigenvalue weighted by atomic mass is 16.4. The summed E-state index contributed by atoms with van der Waals surface area (Å²) in [5, 5.41) is 9.63. The molecule has 0 saturated heterocycles. The molecule has 0 bridgehead atoms. The quantitative estimate of drug-likeness (QED) is 0.799. The van der Waals surface area contributed by atoms with Crippen LogP contribution in [0.25, 0.3) is 11.0 Å². The van der Waals surface area contributed by atoms with Gasteiger partial charge in [-0.05, 0) is 23.8 Å². The molecule has 1 aromatic carbocycles. The Morgan fingerprint density at radius 1 is 1.44 bits per heavy atom. The summed E-state index contributed by atoms with van der Waals surface area (Å²) < 4.78 is 5.55. The Balaban J connectivity index is 2.37. The average molecular weight is 216 g/mol. The van der Waals surface area contributed by atoms with Crippen molar-refractivity contribution in [3.05, 3.63) is 48.2 Å². The number of benzene rings is 1. The molecule has 82 valence electrons. The first-order valence-corrected chi connectivity index (χ1v) is 5.03. The van der Waals surface area contributed by atoms with Crippen LogP contribution >= 0.6 is 0 Å². The molecule has 3 nitrogen and oxygen atoms in total. The van der Waals surface area contributed by atoms with Crippen LogP contribution in [-0.4, -0.2) is 11.1 Å². The predicted octanol–water partition coefficient (Wildman–Crippen LogP) is 2.79. The van der Waals surface area contributed by atoms with Crippen LogP contribution in [0.4, 0.5) is 0 Å². The molecule has 0 fully saturated rings. The van der Waals surface area contributed by atoms with Gasteiger partial charge in [0.25, 0.3) is 0 Å². The number of hydrogen-bond donors (Lipinski definition) is 1. The van der Waals surface area contributed by atoms with Crippen molar-refractivity contribution in [2.24, 2.45) is 0 Å². The first kappa shape index (κ1) is 10.5. The van der Waals surface area contributed by atoms with Gasteiger partial charge in [-0.2, -0.15) is 0 Å². The highest BCUT2D eigenvalue weighted by Crippen LogP contribution is 2.21. The highest BCUT2D eigenvalue weighted by molar-refractivity contribution is 5.80. The molecule has 0 radical (unpaired) electrons. The Hall–Kier alpha value is -2.03. The number of furan rings is 1. The van der Waals surface area contributed by atoms with E-state index < -0.39 is 5.97 Å². The van der Waals surface area contributed by atoms with E-state index in [0.29, 0.717) is 6.42 Å². The number of aliphatic carboxylic acids is 1. The van der Waals surface area contributed by atoms with Crippen molar-refractivity contribution in [1.82, 2.24) is 0 Å². The third kappa shape index (κ3) is 2.14. The van der Waals surface area contributed by atoms with Crippen molar-refractivity contribution < 1.29 is 14.3 Å². The Labute approximate surface area is 93.0 Å². The van der Waals surface area contributed by atoms with E-state index in [9.17, 15) is 4.79 Å². The van der Waals surface area contributed by atoms with Gasteiger partial charge in [-0.3, -0.25) is 4.79 Å². The van der Waals surface area contributed by atoms with Gasteiger partial charge >= 0.3 is 5.97 Å². The maximum atomic E-state index is 10.6. The van der Waals surface area contributed by atoms with Crippen LogP contribution in [0, 0.1) is 0 Å². The van der Waals surface area contributed by atoms with Crippen molar-refractivity contribution in [2.75, 3.05) is 0 Å². The average Bonchev–Trinajstić information content (AvgIpc) is 2.59. The van der Waals surface area contributed by atoms with Crippen molar-refractivity contribution in [3.63, 3.8) is 0 Å². The van der Waals surface area contributed by atoms with E-state index in [1.54, 1.807) is 18.2 Å². The maximum Gasteiger partial charge on any atom is 0.307 e. The van der Waals surface area contributed by atoms with E-state index in [-0.39, 0.29) is 6.42 Å². The van der Waals surface area contributed by atoms with Gasteiger partial charge in [0.2, 0.25) is 0 Å². The molecule has 0 aliphatic rings. The van der Waals surface area contributed by atoms with Gasteiger partial charge in [-0.1, -0.05) is 12.1 Å². The van der Waals surface area contributed by atoms with E-state index >= 15 is 0 Å². The highest BCUT2D eigenvalue weighted by Gasteiger charge is 2.05. The van der Waals surface area contributed by atoms with E-state index in [0.717, 1.165) is 22.3 Å². The van der Waals surface area contributed by atoms with Crippen LogP contribution in [0.15, 0.2) is 41.3 Å². The van der Waals surface area contributed by atoms with Gasteiger partial charge in [0.1, 0.15) is 11.3 Å². The minimum absolute atomic E-state index is 0.0396. The van der Waals surface area contributed by atoms with Crippen molar-refractivity contribution in [2.45, 2.75) is 12.8 Å². The topological polar surface area (TPSA) is 50.4 Å². The van der Waals surface area contributed by atoms with Gasteiger partial charge in [0.15, 0.2) is 0 Å². The van der Waals surface area contributed by atoms with Crippen LogP contribution in [0.2, 0.25) is 0 Å². The summed E-state index contributed by atoms with van der Waals surface area (Å²) in [5.74, 6) is 0.0200. The largest absolute Gasteiger partial charge is 0.481 e. The summed E-state index contributed by atoms with van der Waals surface area (Å²) in [6.07, 6.45) is 2.50. The zero-order chi connectivity index (χ0) is 11.5. The number of allylic oxidation sites excluding steroid dienone is 1. The predicted molar refractivity (Wildman–Crippen MR) is 61.5 cm³/mol. The van der Waals surface area contributed by atoms with Crippen molar-refractivity contribution in [1.29, 1.82) is 0 Å². The summed E-state index contributed by atoms with van der Waals surface area (Å²) in [5.41, 5.74) is 1.57. The summed E-state index contributed by atoms with van der Waals surface area (Å²) in [6.45, 7) is 3.65. The second kappa shape index (κ2) is 4.23. The monoisotopic (exact) mass is 216 g/mol. The standard InChI is InChI=1S/C13H12O3/c1-2-3-11-8-10-6-9(7-13(14)15)4-5-12(10)16-11/h2,4-6,8H,1,3,7H2,(H,14,15). The third-order valence-corrected chi connectivity index (χ3v) is 2.33. The van der Waals surface area contributed by atoms with Gasteiger partial charge in [-0.25, -0.2) is 0 Å². The lowest BCUT2D eigenvalue weighted by Crippen LogP contribution is -1.99. The van der Waals surface area contributed by atoms with E-state index in [1.807, 2.05) is 12.1 Å². The van der Waals surface area contributed by atoms with Gasteiger partial charge in [-0.15, -0.1) is 6.58 Å². The lowest BCUT2D eigenvalue weighted by atomic mass is 10.1. The van der Waals surface area contributed by atoms with Crippen molar-refractivity contribution >= 4 is 16.9 Å². The molecule has 0 spiro atoms. The second-order valence-electron chi connectivity index (χ2n) is 3.65.